The first-order valence-corrected chi connectivity index (χ1v) is 7.07. The fourth-order valence-electron chi connectivity index (χ4n) is 2.19. The molecule has 0 aliphatic heterocycles. The SMILES string of the molecule is O=c1[nH]c2cc(Cl)ccc2c(=O)n1Cc1ccc(Cl)c(F)c1. The Morgan fingerprint density at radius 3 is 2.59 bits per heavy atom. The van der Waals surface area contributed by atoms with Crippen LogP contribution in [0.15, 0.2) is 46.0 Å². The van der Waals surface area contributed by atoms with Gasteiger partial charge in [0.1, 0.15) is 5.82 Å². The Morgan fingerprint density at radius 2 is 1.86 bits per heavy atom. The zero-order valence-electron chi connectivity index (χ0n) is 11.1. The summed E-state index contributed by atoms with van der Waals surface area (Å²) < 4.78 is 14.5. The van der Waals surface area contributed by atoms with Crippen molar-refractivity contribution in [1.82, 2.24) is 9.55 Å². The van der Waals surface area contributed by atoms with Crippen molar-refractivity contribution in [3.8, 4) is 0 Å². The zero-order chi connectivity index (χ0) is 15.9. The average molecular weight is 339 g/mol. The Labute approximate surface area is 133 Å². The molecule has 3 rings (SSSR count). The minimum absolute atomic E-state index is 0.0156. The van der Waals surface area contributed by atoms with Crippen molar-refractivity contribution in [2.75, 3.05) is 0 Å². The third-order valence-electron chi connectivity index (χ3n) is 3.27. The molecule has 0 saturated heterocycles. The molecular formula is C15H9Cl2FN2O2. The fourth-order valence-corrected chi connectivity index (χ4v) is 2.48. The van der Waals surface area contributed by atoms with Gasteiger partial charge in [0.2, 0.25) is 0 Å². The van der Waals surface area contributed by atoms with Gasteiger partial charge in [-0.25, -0.2) is 9.18 Å². The zero-order valence-corrected chi connectivity index (χ0v) is 12.6. The number of nitrogens with zero attached hydrogens (tertiary/aromatic N) is 1. The normalized spacial score (nSPS) is 11.0. The molecule has 0 bridgehead atoms. The Hall–Kier alpha value is -2.11. The van der Waals surface area contributed by atoms with Gasteiger partial charge in [-0.05, 0) is 35.9 Å². The molecule has 2 aromatic carbocycles. The van der Waals surface area contributed by atoms with Crippen molar-refractivity contribution in [2.24, 2.45) is 0 Å². The minimum atomic E-state index is -0.601. The molecule has 1 heterocycles. The highest BCUT2D eigenvalue weighted by Gasteiger charge is 2.09. The number of nitrogens with one attached hydrogen (secondary N) is 1. The van der Waals surface area contributed by atoms with E-state index in [1.165, 1.54) is 24.3 Å². The van der Waals surface area contributed by atoms with E-state index in [0.717, 1.165) is 4.57 Å². The van der Waals surface area contributed by atoms with Gasteiger partial charge in [0.15, 0.2) is 0 Å². The molecule has 22 heavy (non-hydrogen) atoms. The lowest BCUT2D eigenvalue weighted by Gasteiger charge is -2.07. The van der Waals surface area contributed by atoms with Crippen molar-refractivity contribution in [2.45, 2.75) is 6.54 Å². The van der Waals surface area contributed by atoms with Crippen LogP contribution in [0.25, 0.3) is 10.9 Å². The Balaban J connectivity index is 2.14. The molecule has 0 radical (unpaired) electrons. The predicted octanol–water partition coefficient (Wildman–Crippen LogP) is 3.18. The minimum Gasteiger partial charge on any atom is -0.307 e. The summed E-state index contributed by atoms with van der Waals surface area (Å²) in [6.07, 6.45) is 0. The molecule has 0 spiro atoms. The van der Waals surface area contributed by atoms with Crippen LogP contribution in [-0.4, -0.2) is 9.55 Å². The van der Waals surface area contributed by atoms with Crippen LogP contribution in [0, 0.1) is 5.82 Å². The van der Waals surface area contributed by atoms with Crippen molar-refractivity contribution >= 4 is 34.1 Å². The molecule has 0 amide bonds. The number of fused-ring (bicyclic) bond motifs is 1. The van der Waals surface area contributed by atoms with E-state index in [9.17, 15) is 14.0 Å². The lowest BCUT2D eigenvalue weighted by atomic mass is 10.2. The van der Waals surface area contributed by atoms with E-state index < -0.39 is 17.1 Å². The molecule has 1 N–H and O–H groups in total. The van der Waals surface area contributed by atoms with Crippen LogP contribution in [-0.2, 0) is 6.54 Å². The number of aromatic nitrogens is 2. The quantitative estimate of drug-likeness (QED) is 0.780. The summed E-state index contributed by atoms with van der Waals surface area (Å²) >= 11 is 11.5. The summed E-state index contributed by atoms with van der Waals surface area (Å²) in [7, 11) is 0. The number of hydrogen-bond donors (Lipinski definition) is 1. The number of H-pyrrole nitrogens is 1. The van der Waals surface area contributed by atoms with Crippen molar-refractivity contribution in [1.29, 1.82) is 0 Å². The van der Waals surface area contributed by atoms with Gasteiger partial charge in [0, 0.05) is 5.02 Å². The standard InChI is InChI=1S/C15H9Cl2FN2O2/c16-9-2-3-10-13(6-9)19-15(22)20(14(10)21)7-8-1-4-11(17)12(18)5-8/h1-6H,7H2,(H,19,22). The van der Waals surface area contributed by atoms with E-state index in [1.807, 2.05) is 0 Å². The second-order valence-electron chi connectivity index (χ2n) is 4.76. The maximum atomic E-state index is 13.5. The lowest BCUT2D eigenvalue weighted by molar-refractivity contribution is 0.621. The van der Waals surface area contributed by atoms with Gasteiger partial charge < -0.3 is 4.98 Å². The van der Waals surface area contributed by atoms with Crippen LogP contribution in [0.5, 0.6) is 0 Å². The first kappa shape index (κ1) is 14.8. The third kappa shape index (κ3) is 2.65. The highest BCUT2D eigenvalue weighted by atomic mass is 35.5. The third-order valence-corrected chi connectivity index (χ3v) is 3.81. The van der Waals surface area contributed by atoms with E-state index >= 15 is 0 Å². The van der Waals surface area contributed by atoms with E-state index in [2.05, 4.69) is 4.98 Å². The molecule has 0 saturated carbocycles. The van der Waals surface area contributed by atoms with Crippen LogP contribution in [0.3, 0.4) is 0 Å². The summed E-state index contributed by atoms with van der Waals surface area (Å²) in [4.78, 5) is 27.1. The predicted molar refractivity (Wildman–Crippen MR) is 84.4 cm³/mol. The van der Waals surface area contributed by atoms with Gasteiger partial charge in [0.05, 0.1) is 22.5 Å². The number of hydrogen-bond acceptors (Lipinski definition) is 2. The molecule has 0 aliphatic carbocycles. The summed E-state index contributed by atoms with van der Waals surface area (Å²) in [5.41, 5.74) is -0.232. The maximum absolute atomic E-state index is 13.5. The molecule has 4 nitrogen and oxygen atoms in total. The first-order valence-electron chi connectivity index (χ1n) is 6.32. The molecule has 0 fully saturated rings. The van der Waals surface area contributed by atoms with Gasteiger partial charge in [-0.3, -0.25) is 9.36 Å². The Morgan fingerprint density at radius 1 is 1.09 bits per heavy atom. The Bertz CT molecular complexity index is 995. The van der Waals surface area contributed by atoms with E-state index in [4.69, 9.17) is 23.2 Å². The van der Waals surface area contributed by atoms with Crippen molar-refractivity contribution in [3.05, 3.63) is 78.7 Å². The lowest BCUT2D eigenvalue weighted by Crippen LogP contribution is -2.35. The van der Waals surface area contributed by atoms with Gasteiger partial charge in [0.25, 0.3) is 5.56 Å². The molecule has 3 aromatic rings. The smallest absolute Gasteiger partial charge is 0.307 e. The van der Waals surface area contributed by atoms with Gasteiger partial charge in [-0.1, -0.05) is 29.3 Å². The van der Waals surface area contributed by atoms with Crippen LogP contribution < -0.4 is 11.2 Å². The largest absolute Gasteiger partial charge is 0.329 e. The van der Waals surface area contributed by atoms with Crippen LogP contribution in [0.4, 0.5) is 4.39 Å². The van der Waals surface area contributed by atoms with Crippen LogP contribution in [0.1, 0.15) is 5.56 Å². The van der Waals surface area contributed by atoms with E-state index in [0.29, 0.717) is 21.5 Å². The number of benzene rings is 2. The number of aromatic amines is 1. The molecule has 1 aromatic heterocycles. The molecule has 0 aliphatic rings. The van der Waals surface area contributed by atoms with Gasteiger partial charge in [-0.2, -0.15) is 0 Å². The van der Waals surface area contributed by atoms with Crippen LogP contribution in [0.2, 0.25) is 10.0 Å². The summed E-state index contributed by atoms with van der Waals surface area (Å²) in [6.45, 7) is -0.0547. The van der Waals surface area contributed by atoms with Crippen LogP contribution >= 0.6 is 23.2 Å². The van der Waals surface area contributed by atoms with Gasteiger partial charge >= 0.3 is 5.69 Å². The monoisotopic (exact) mass is 338 g/mol. The number of halogens is 3. The van der Waals surface area contributed by atoms with Gasteiger partial charge in [-0.15, -0.1) is 0 Å². The maximum Gasteiger partial charge on any atom is 0.329 e. The van der Waals surface area contributed by atoms with E-state index in [1.54, 1.807) is 12.1 Å². The highest BCUT2D eigenvalue weighted by molar-refractivity contribution is 6.31. The second kappa shape index (κ2) is 5.59. The summed E-state index contributed by atoms with van der Waals surface area (Å²) in [5, 5.41) is 0.733. The highest BCUT2D eigenvalue weighted by Crippen LogP contribution is 2.16. The summed E-state index contributed by atoms with van der Waals surface area (Å²) in [6, 6.07) is 8.74. The van der Waals surface area contributed by atoms with E-state index in [-0.39, 0.29) is 11.6 Å². The second-order valence-corrected chi connectivity index (χ2v) is 5.60. The van der Waals surface area contributed by atoms with Crippen molar-refractivity contribution < 1.29 is 4.39 Å². The topological polar surface area (TPSA) is 54.9 Å². The number of rotatable bonds is 2. The molecule has 7 heteroatoms. The molecular weight excluding hydrogens is 330 g/mol. The molecule has 0 unspecified atom stereocenters. The van der Waals surface area contributed by atoms with Crippen molar-refractivity contribution in [3.63, 3.8) is 0 Å². The fraction of sp³-hybridized carbons (Fsp3) is 0.0667. The summed E-state index contributed by atoms with van der Waals surface area (Å²) in [5.74, 6) is -0.601. The first-order chi connectivity index (χ1) is 10.5. The Kier molecular flexibility index (Phi) is 3.76. The average Bonchev–Trinajstić information content (AvgIpc) is 2.46. The molecule has 0 atom stereocenters. The molecule has 112 valence electrons.